The van der Waals surface area contributed by atoms with Gasteiger partial charge in [-0.15, -0.1) is 16.4 Å². The van der Waals surface area contributed by atoms with E-state index in [9.17, 15) is 14.0 Å². The van der Waals surface area contributed by atoms with Gasteiger partial charge in [0, 0.05) is 35.0 Å². The fraction of sp³-hybridized carbons (Fsp3) is 0.0800. The molecule has 5 rings (SSSR count). The Balaban J connectivity index is 1.42. The Labute approximate surface area is 203 Å². The van der Waals surface area contributed by atoms with Gasteiger partial charge in [0.2, 0.25) is 5.91 Å². The van der Waals surface area contributed by atoms with Crippen molar-refractivity contribution < 1.29 is 9.18 Å². The monoisotopic (exact) mass is 486 g/mol. The molecule has 0 aliphatic carbocycles. The zero-order chi connectivity index (χ0) is 24.4. The standard InChI is InChI=1S/C25H19FN6O2S/c1-16(32-23(33)12-11-22(30-32)31-14-6-13-27-31)24(34)28-20-10-5-3-8-18(20)21-15-35-25(29-21)17-7-2-4-9-19(17)26/h2-16H,1H3,(H,28,34). The van der Waals surface area contributed by atoms with Gasteiger partial charge in [-0.05, 0) is 37.3 Å². The Morgan fingerprint density at radius 1 is 1.03 bits per heavy atom. The summed E-state index contributed by atoms with van der Waals surface area (Å²) < 4.78 is 16.8. The molecule has 0 saturated carbocycles. The number of aromatic nitrogens is 5. The number of amides is 1. The summed E-state index contributed by atoms with van der Waals surface area (Å²) in [6, 6.07) is 17.4. The molecule has 0 aliphatic heterocycles. The molecule has 0 fully saturated rings. The fourth-order valence-electron chi connectivity index (χ4n) is 3.54. The predicted molar refractivity (Wildman–Crippen MR) is 132 cm³/mol. The lowest BCUT2D eigenvalue weighted by Gasteiger charge is -2.16. The zero-order valence-electron chi connectivity index (χ0n) is 18.5. The van der Waals surface area contributed by atoms with Crippen molar-refractivity contribution in [2.24, 2.45) is 0 Å². The SMILES string of the molecule is CC(C(=O)Nc1ccccc1-c1csc(-c2ccccc2F)n1)n1nc(-n2cccn2)ccc1=O. The number of nitrogens with zero attached hydrogens (tertiary/aromatic N) is 5. The predicted octanol–water partition coefficient (Wildman–Crippen LogP) is 4.56. The molecule has 0 aliphatic rings. The van der Waals surface area contributed by atoms with Crippen LogP contribution in [0.15, 0.2) is 89.3 Å². The summed E-state index contributed by atoms with van der Waals surface area (Å²) in [5.74, 6) is -0.355. The van der Waals surface area contributed by atoms with Gasteiger partial charge in [0.1, 0.15) is 16.9 Å². The third kappa shape index (κ3) is 4.51. The van der Waals surface area contributed by atoms with Crippen molar-refractivity contribution in [2.75, 3.05) is 5.32 Å². The molecule has 0 spiro atoms. The molecule has 0 radical (unpaired) electrons. The number of halogens is 1. The number of rotatable bonds is 6. The lowest BCUT2D eigenvalue weighted by molar-refractivity contribution is -0.119. The Kier molecular flexibility index (Phi) is 6.02. The molecule has 0 saturated heterocycles. The van der Waals surface area contributed by atoms with Gasteiger partial charge < -0.3 is 5.32 Å². The van der Waals surface area contributed by atoms with Crippen molar-refractivity contribution in [1.29, 1.82) is 0 Å². The number of hydrogen-bond donors (Lipinski definition) is 1. The highest BCUT2D eigenvalue weighted by Crippen LogP contribution is 2.33. The van der Waals surface area contributed by atoms with Gasteiger partial charge in [-0.3, -0.25) is 9.59 Å². The maximum Gasteiger partial charge on any atom is 0.267 e. The summed E-state index contributed by atoms with van der Waals surface area (Å²) in [6.07, 6.45) is 3.29. The van der Waals surface area contributed by atoms with Crippen LogP contribution in [0.25, 0.3) is 27.6 Å². The number of benzene rings is 2. The first-order valence-corrected chi connectivity index (χ1v) is 11.6. The van der Waals surface area contributed by atoms with E-state index >= 15 is 0 Å². The van der Waals surface area contributed by atoms with Crippen LogP contribution in [0.3, 0.4) is 0 Å². The molecule has 3 aromatic heterocycles. The van der Waals surface area contributed by atoms with E-state index in [2.05, 4.69) is 20.5 Å². The largest absolute Gasteiger partial charge is 0.324 e. The van der Waals surface area contributed by atoms with E-state index in [0.717, 1.165) is 4.68 Å². The third-order valence-corrected chi connectivity index (χ3v) is 6.24. The molecule has 10 heteroatoms. The van der Waals surface area contributed by atoms with Crippen LogP contribution in [0.5, 0.6) is 0 Å². The molecular formula is C25H19FN6O2S. The quantitative estimate of drug-likeness (QED) is 0.380. The average molecular weight is 487 g/mol. The molecule has 2 aromatic carbocycles. The van der Waals surface area contributed by atoms with E-state index in [0.29, 0.717) is 33.3 Å². The first kappa shape index (κ1) is 22.4. The van der Waals surface area contributed by atoms with Crippen LogP contribution in [0.4, 0.5) is 10.1 Å². The van der Waals surface area contributed by atoms with Crippen LogP contribution in [0, 0.1) is 5.82 Å². The lowest BCUT2D eigenvalue weighted by atomic mass is 10.1. The Morgan fingerprint density at radius 3 is 2.57 bits per heavy atom. The summed E-state index contributed by atoms with van der Waals surface area (Å²) in [6.45, 7) is 1.60. The molecule has 8 nitrogen and oxygen atoms in total. The van der Waals surface area contributed by atoms with Crippen LogP contribution < -0.4 is 10.9 Å². The summed E-state index contributed by atoms with van der Waals surface area (Å²) in [4.78, 5) is 30.1. The molecule has 174 valence electrons. The van der Waals surface area contributed by atoms with Crippen molar-refractivity contribution in [3.63, 3.8) is 0 Å². The smallest absolute Gasteiger partial charge is 0.267 e. The third-order valence-electron chi connectivity index (χ3n) is 5.37. The van der Waals surface area contributed by atoms with Gasteiger partial charge in [0.05, 0.1) is 11.4 Å². The summed E-state index contributed by atoms with van der Waals surface area (Å²) in [5.41, 5.74) is 1.81. The first-order chi connectivity index (χ1) is 17.0. The second kappa shape index (κ2) is 9.43. The lowest BCUT2D eigenvalue weighted by Crippen LogP contribution is -2.33. The molecule has 5 aromatic rings. The zero-order valence-corrected chi connectivity index (χ0v) is 19.3. The molecule has 3 heterocycles. The minimum atomic E-state index is -0.893. The van der Waals surface area contributed by atoms with Crippen molar-refractivity contribution in [1.82, 2.24) is 24.5 Å². The van der Waals surface area contributed by atoms with Crippen molar-refractivity contribution in [3.05, 3.63) is 101 Å². The second-order valence-corrected chi connectivity index (χ2v) is 8.51. The number of nitrogens with one attached hydrogen (secondary N) is 1. The highest BCUT2D eigenvalue weighted by atomic mass is 32.1. The maximum atomic E-state index is 14.2. The number of hydrogen-bond acceptors (Lipinski definition) is 6. The molecule has 1 N–H and O–H groups in total. The highest BCUT2D eigenvalue weighted by Gasteiger charge is 2.20. The van der Waals surface area contributed by atoms with E-state index in [4.69, 9.17) is 0 Å². The highest BCUT2D eigenvalue weighted by molar-refractivity contribution is 7.13. The topological polar surface area (TPSA) is 94.7 Å². The molecular weight excluding hydrogens is 467 g/mol. The Morgan fingerprint density at radius 2 is 1.80 bits per heavy atom. The Bertz CT molecular complexity index is 1560. The molecule has 1 atom stereocenters. The summed E-state index contributed by atoms with van der Waals surface area (Å²) in [5, 5.41) is 13.6. The van der Waals surface area contributed by atoms with Crippen LogP contribution >= 0.6 is 11.3 Å². The number of anilines is 1. The molecule has 35 heavy (non-hydrogen) atoms. The first-order valence-electron chi connectivity index (χ1n) is 10.7. The minimum Gasteiger partial charge on any atom is -0.324 e. The van der Waals surface area contributed by atoms with E-state index < -0.39 is 17.5 Å². The van der Waals surface area contributed by atoms with Crippen LogP contribution in [-0.2, 0) is 4.79 Å². The summed E-state index contributed by atoms with van der Waals surface area (Å²) >= 11 is 1.32. The summed E-state index contributed by atoms with van der Waals surface area (Å²) in [7, 11) is 0. The van der Waals surface area contributed by atoms with Crippen molar-refractivity contribution in [3.8, 4) is 27.6 Å². The number of thiazole rings is 1. The van der Waals surface area contributed by atoms with Gasteiger partial charge >= 0.3 is 0 Å². The van der Waals surface area contributed by atoms with Gasteiger partial charge in [-0.2, -0.15) is 5.10 Å². The molecule has 0 bridgehead atoms. The second-order valence-electron chi connectivity index (χ2n) is 7.65. The molecule has 1 amide bonds. The molecule has 1 unspecified atom stereocenters. The van der Waals surface area contributed by atoms with Gasteiger partial charge in [0.15, 0.2) is 5.82 Å². The van der Waals surface area contributed by atoms with Crippen molar-refractivity contribution >= 4 is 22.9 Å². The normalized spacial score (nSPS) is 11.8. The number of carbonyl (C=O) groups is 1. The maximum absolute atomic E-state index is 14.2. The van der Waals surface area contributed by atoms with Crippen LogP contribution in [-0.4, -0.2) is 30.5 Å². The minimum absolute atomic E-state index is 0.348. The van der Waals surface area contributed by atoms with Crippen molar-refractivity contribution in [2.45, 2.75) is 13.0 Å². The van der Waals surface area contributed by atoms with Gasteiger partial charge in [-0.25, -0.2) is 18.7 Å². The number of para-hydroxylation sites is 1. The van der Waals surface area contributed by atoms with Gasteiger partial charge in [0.25, 0.3) is 5.56 Å². The number of carbonyl (C=O) groups excluding carboxylic acids is 1. The van der Waals surface area contributed by atoms with Crippen LogP contribution in [0.1, 0.15) is 13.0 Å². The average Bonchev–Trinajstić information content (AvgIpc) is 3.57. The van der Waals surface area contributed by atoms with E-state index in [1.54, 1.807) is 61.8 Å². The van der Waals surface area contributed by atoms with E-state index in [1.165, 1.54) is 28.2 Å². The fourth-order valence-corrected chi connectivity index (χ4v) is 4.39. The van der Waals surface area contributed by atoms with Gasteiger partial charge in [-0.1, -0.05) is 30.3 Å². The van der Waals surface area contributed by atoms with Crippen LogP contribution in [0.2, 0.25) is 0 Å². The Hall–Kier alpha value is -4.44. The van der Waals surface area contributed by atoms with E-state index in [1.807, 2.05) is 17.5 Å². The van der Waals surface area contributed by atoms with E-state index in [-0.39, 0.29) is 5.82 Å².